The van der Waals surface area contributed by atoms with E-state index in [9.17, 15) is 0 Å². The molecule has 0 aliphatic carbocycles. The van der Waals surface area contributed by atoms with Crippen LogP contribution < -0.4 is 0 Å². The third-order valence-corrected chi connectivity index (χ3v) is 1.21. The molecule has 0 radical (unpaired) electrons. The molecule has 92 valence electrons. The van der Waals surface area contributed by atoms with E-state index >= 15 is 0 Å². The summed E-state index contributed by atoms with van der Waals surface area (Å²) in [6.45, 7) is 4.49. The molecule has 0 bridgehead atoms. The summed E-state index contributed by atoms with van der Waals surface area (Å²) >= 11 is 0. The number of rotatable bonds is 4. The van der Waals surface area contributed by atoms with E-state index in [1.807, 2.05) is 0 Å². The summed E-state index contributed by atoms with van der Waals surface area (Å²) in [5.74, 6) is 0. The van der Waals surface area contributed by atoms with Crippen molar-refractivity contribution in [1.82, 2.24) is 0 Å². The summed E-state index contributed by atoms with van der Waals surface area (Å²) in [7, 11) is -4.67. The molecule has 0 rings (SSSR count). The van der Waals surface area contributed by atoms with E-state index in [0.29, 0.717) is 0 Å². The van der Waals surface area contributed by atoms with E-state index in [2.05, 4.69) is 13.8 Å². The molecule has 4 N–H and O–H groups in total. The summed E-state index contributed by atoms with van der Waals surface area (Å²) in [6.07, 6.45) is 7.01. The molecular weight excluding hydrogens is 252 g/mol. The van der Waals surface area contributed by atoms with Crippen molar-refractivity contribution in [3.63, 3.8) is 0 Å². The maximum Gasteiger partial charge on any atom is 0.394 e. The molecule has 0 aromatic carbocycles. The van der Waals surface area contributed by atoms with Gasteiger partial charge in [-0.3, -0.25) is 9.11 Å². The maximum atomic E-state index is 8.74. The third-order valence-electron chi connectivity index (χ3n) is 1.21. The van der Waals surface area contributed by atoms with Crippen LogP contribution in [-0.2, 0) is 27.5 Å². The fourth-order valence-corrected chi connectivity index (χ4v) is 0.677. The molecule has 0 spiro atoms. The summed E-state index contributed by atoms with van der Waals surface area (Å²) in [6, 6.07) is 0. The van der Waals surface area contributed by atoms with Gasteiger partial charge in [-0.2, -0.15) is 8.42 Å². The molecule has 7 heteroatoms. The van der Waals surface area contributed by atoms with Crippen LogP contribution in [0.2, 0.25) is 0 Å². The van der Waals surface area contributed by atoms with Crippen LogP contribution in [0.1, 0.15) is 46.0 Å². The van der Waals surface area contributed by atoms with Gasteiger partial charge in [0.25, 0.3) is 0 Å². The maximum absolute atomic E-state index is 8.74. The summed E-state index contributed by atoms with van der Waals surface area (Å²) in [5, 5.41) is 0. The first-order valence-corrected chi connectivity index (χ1v) is 5.51. The van der Waals surface area contributed by atoms with E-state index in [0.717, 1.165) is 0 Å². The Balaban J connectivity index is -0.0000000651. The molecule has 0 aromatic rings. The molecule has 0 saturated carbocycles. The van der Waals surface area contributed by atoms with Crippen molar-refractivity contribution in [3.05, 3.63) is 0 Å². The van der Waals surface area contributed by atoms with Crippen LogP contribution in [0.3, 0.4) is 0 Å². The van der Waals surface area contributed by atoms with Gasteiger partial charge in [0, 0.05) is 17.1 Å². The standard InChI is InChI=1S/C7H16.Fe.H2O4S.H2O/c1-3-5-7-6-4-2;;1-5(2,3)4;/h3-7H2,1-2H3;;(H2,1,2,3,4);1H2. The Hall–Kier alpha value is 0.349. The molecule has 0 unspecified atom stereocenters. The van der Waals surface area contributed by atoms with Gasteiger partial charge in [0.05, 0.1) is 0 Å². The molecule has 0 aliphatic rings. The summed E-state index contributed by atoms with van der Waals surface area (Å²) in [5.41, 5.74) is 0. The van der Waals surface area contributed by atoms with Gasteiger partial charge in [-0.15, -0.1) is 0 Å². The first-order valence-electron chi connectivity index (χ1n) is 4.11. The normalized spacial score (nSPS) is 8.86. The van der Waals surface area contributed by atoms with Crippen LogP contribution in [0.15, 0.2) is 0 Å². The minimum absolute atomic E-state index is 0. The predicted octanol–water partition coefficient (Wildman–Crippen LogP) is 1.50. The monoisotopic (exact) mass is 272 g/mol. The Kier molecular flexibility index (Phi) is 27.0. The van der Waals surface area contributed by atoms with Crippen LogP contribution in [0.25, 0.3) is 0 Å². The molecule has 14 heavy (non-hydrogen) atoms. The third kappa shape index (κ3) is 84.1. The van der Waals surface area contributed by atoms with Gasteiger partial charge in [-0.05, 0) is 0 Å². The average molecular weight is 272 g/mol. The Morgan fingerprint density at radius 3 is 1.29 bits per heavy atom. The minimum atomic E-state index is -4.67. The van der Waals surface area contributed by atoms with E-state index in [1.54, 1.807) is 0 Å². The summed E-state index contributed by atoms with van der Waals surface area (Å²) < 4.78 is 31.6. The molecule has 0 heterocycles. The van der Waals surface area contributed by atoms with Gasteiger partial charge in [-0.1, -0.05) is 46.0 Å². The molecule has 0 saturated heterocycles. The van der Waals surface area contributed by atoms with Crippen LogP contribution in [0.5, 0.6) is 0 Å². The molecule has 0 aliphatic heterocycles. The van der Waals surface area contributed by atoms with E-state index in [4.69, 9.17) is 17.5 Å². The topological polar surface area (TPSA) is 106 Å². The van der Waals surface area contributed by atoms with Gasteiger partial charge in [0.15, 0.2) is 0 Å². The Morgan fingerprint density at radius 1 is 0.929 bits per heavy atom. The second-order valence-electron chi connectivity index (χ2n) is 2.51. The minimum Gasteiger partial charge on any atom is -0.412 e. The Labute approximate surface area is 96.6 Å². The van der Waals surface area contributed by atoms with Gasteiger partial charge >= 0.3 is 10.4 Å². The predicted molar refractivity (Wildman–Crippen MR) is 52.2 cm³/mol. The number of hydrogen-bond acceptors (Lipinski definition) is 2. The quantitative estimate of drug-likeness (QED) is 0.459. The van der Waals surface area contributed by atoms with Crippen LogP contribution >= 0.6 is 0 Å². The zero-order valence-corrected chi connectivity index (χ0v) is 10.4. The van der Waals surface area contributed by atoms with Crippen molar-refractivity contribution in [3.8, 4) is 0 Å². The van der Waals surface area contributed by atoms with Crippen molar-refractivity contribution >= 4 is 10.4 Å². The zero-order valence-electron chi connectivity index (χ0n) is 8.51. The van der Waals surface area contributed by atoms with Crippen molar-refractivity contribution in [2.24, 2.45) is 0 Å². The molecular formula is C7H20FeO5S. The van der Waals surface area contributed by atoms with E-state index in [-0.39, 0.29) is 22.5 Å². The number of unbranched alkanes of at least 4 members (excludes halogenated alkanes) is 4. The first-order chi connectivity index (χ1) is 5.41. The molecule has 0 fully saturated rings. The van der Waals surface area contributed by atoms with E-state index in [1.165, 1.54) is 32.1 Å². The van der Waals surface area contributed by atoms with Gasteiger partial charge in [0.1, 0.15) is 0 Å². The van der Waals surface area contributed by atoms with Crippen LogP contribution in [0, 0.1) is 0 Å². The first kappa shape index (κ1) is 23.9. The zero-order chi connectivity index (χ0) is 10.0. The Bertz CT molecular complexity index is 157. The van der Waals surface area contributed by atoms with Gasteiger partial charge in [0.2, 0.25) is 0 Å². The largest absolute Gasteiger partial charge is 0.412 e. The van der Waals surface area contributed by atoms with Crippen LogP contribution in [-0.4, -0.2) is 23.0 Å². The molecule has 0 atom stereocenters. The molecule has 5 nitrogen and oxygen atoms in total. The second kappa shape index (κ2) is 15.8. The molecule has 0 amide bonds. The fourth-order valence-electron chi connectivity index (χ4n) is 0.677. The van der Waals surface area contributed by atoms with Crippen molar-refractivity contribution < 1.29 is 40.1 Å². The SMILES string of the molecule is CCCCCCC.O.O=S(=O)(O)O.[Fe]. The van der Waals surface area contributed by atoms with E-state index < -0.39 is 10.4 Å². The number of hydrogen-bond donors (Lipinski definition) is 2. The van der Waals surface area contributed by atoms with Gasteiger partial charge < -0.3 is 5.48 Å². The Morgan fingerprint density at radius 2 is 1.14 bits per heavy atom. The van der Waals surface area contributed by atoms with Gasteiger partial charge in [-0.25, -0.2) is 0 Å². The fraction of sp³-hybridized carbons (Fsp3) is 1.00. The van der Waals surface area contributed by atoms with Crippen molar-refractivity contribution in [2.45, 2.75) is 46.0 Å². The second-order valence-corrected chi connectivity index (χ2v) is 3.40. The molecule has 0 aromatic heterocycles. The smallest absolute Gasteiger partial charge is 0.394 e. The summed E-state index contributed by atoms with van der Waals surface area (Å²) in [4.78, 5) is 0. The van der Waals surface area contributed by atoms with Crippen molar-refractivity contribution in [1.29, 1.82) is 0 Å². The average Bonchev–Trinajstić information content (AvgIpc) is 1.85. The van der Waals surface area contributed by atoms with Crippen molar-refractivity contribution in [2.75, 3.05) is 0 Å². The van der Waals surface area contributed by atoms with Crippen LogP contribution in [0.4, 0.5) is 0 Å².